The van der Waals surface area contributed by atoms with Crippen LogP contribution >= 0.6 is 11.8 Å². The van der Waals surface area contributed by atoms with Gasteiger partial charge in [0.2, 0.25) is 0 Å². The Bertz CT molecular complexity index is 600. The monoisotopic (exact) mass is 248 g/mol. The van der Waals surface area contributed by atoms with Gasteiger partial charge < -0.3 is 4.57 Å². The fourth-order valence-corrected chi connectivity index (χ4v) is 2.07. The van der Waals surface area contributed by atoms with Crippen molar-refractivity contribution in [3.8, 4) is 6.07 Å². The van der Waals surface area contributed by atoms with E-state index in [2.05, 4.69) is 10.2 Å². The average molecular weight is 248 g/mol. The predicted octanol–water partition coefficient (Wildman–Crippen LogP) is 2.29. The molecule has 1 aromatic carbocycles. The maximum absolute atomic E-state index is 13.6. The van der Waals surface area contributed by atoms with Crippen LogP contribution in [0.5, 0.6) is 0 Å². The summed E-state index contributed by atoms with van der Waals surface area (Å²) in [4.78, 5) is 0.430. The summed E-state index contributed by atoms with van der Waals surface area (Å²) in [6.07, 6.45) is 0. The molecular weight excluding hydrogens is 239 g/mol. The summed E-state index contributed by atoms with van der Waals surface area (Å²) in [6.45, 7) is 1.83. The molecule has 0 atom stereocenters. The Morgan fingerprint density at radius 2 is 2.18 bits per heavy atom. The van der Waals surface area contributed by atoms with Gasteiger partial charge in [0, 0.05) is 7.05 Å². The second-order valence-corrected chi connectivity index (χ2v) is 4.46. The zero-order valence-electron chi connectivity index (χ0n) is 9.31. The van der Waals surface area contributed by atoms with Gasteiger partial charge in [0.25, 0.3) is 0 Å². The molecule has 0 spiro atoms. The van der Waals surface area contributed by atoms with Crippen LogP contribution in [0.2, 0.25) is 0 Å². The Kier molecular flexibility index (Phi) is 3.11. The number of benzene rings is 1. The molecule has 0 aliphatic heterocycles. The van der Waals surface area contributed by atoms with Crippen molar-refractivity contribution >= 4 is 11.8 Å². The lowest BCUT2D eigenvalue weighted by atomic mass is 10.2. The number of nitrogens with zero attached hydrogens (tertiary/aromatic N) is 4. The van der Waals surface area contributed by atoms with Crippen molar-refractivity contribution in [2.24, 2.45) is 7.05 Å². The van der Waals surface area contributed by atoms with Crippen molar-refractivity contribution in [2.45, 2.75) is 17.0 Å². The van der Waals surface area contributed by atoms with Gasteiger partial charge in [0.1, 0.15) is 11.6 Å². The van der Waals surface area contributed by atoms with Crippen LogP contribution in [0.25, 0.3) is 0 Å². The van der Waals surface area contributed by atoms with E-state index in [9.17, 15) is 4.39 Å². The van der Waals surface area contributed by atoms with Crippen LogP contribution in [0.15, 0.2) is 28.3 Å². The van der Waals surface area contributed by atoms with Crippen molar-refractivity contribution in [3.05, 3.63) is 35.4 Å². The van der Waals surface area contributed by atoms with Crippen molar-refractivity contribution in [1.82, 2.24) is 14.8 Å². The molecule has 0 saturated carbocycles. The van der Waals surface area contributed by atoms with Crippen LogP contribution in [0.4, 0.5) is 4.39 Å². The van der Waals surface area contributed by atoms with Crippen molar-refractivity contribution < 1.29 is 4.39 Å². The second-order valence-electron chi connectivity index (χ2n) is 3.45. The van der Waals surface area contributed by atoms with Crippen LogP contribution in [0.3, 0.4) is 0 Å². The lowest BCUT2D eigenvalue weighted by Crippen LogP contribution is -1.94. The number of hydrogen-bond acceptors (Lipinski definition) is 4. The molecular formula is C11H9FN4S. The van der Waals surface area contributed by atoms with E-state index in [0.29, 0.717) is 15.6 Å². The maximum atomic E-state index is 13.6. The molecule has 86 valence electrons. The highest BCUT2D eigenvalue weighted by atomic mass is 32.2. The first-order valence-electron chi connectivity index (χ1n) is 4.85. The first-order chi connectivity index (χ1) is 8.11. The quantitative estimate of drug-likeness (QED) is 0.818. The molecule has 0 unspecified atom stereocenters. The van der Waals surface area contributed by atoms with Gasteiger partial charge >= 0.3 is 0 Å². The van der Waals surface area contributed by atoms with Gasteiger partial charge in [-0.1, -0.05) is 0 Å². The van der Waals surface area contributed by atoms with Crippen molar-refractivity contribution in [3.63, 3.8) is 0 Å². The molecule has 0 aliphatic carbocycles. The fourth-order valence-electron chi connectivity index (χ4n) is 1.23. The molecule has 0 fully saturated rings. The molecule has 1 aromatic heterocycles. The molecule has 0 radical (unpaired) electrons. The molecule has 2 aromatic rings. The summed E-state index contributed by atoms with van der Waals surface area (Å²) in [5, 5.41) is 17.1. The normalized spacial score (nSPS) is 10.2. The van der Waals surface area contributed by atoms with Crippen LogP contribution in [0.1, 0.15) is 11.4 Å². The van der Waals surface area contributed by atoms with Crippen LogP contribution in [0, 0.1) is 24.1 Å². The van der Waals surface area contributed by atoms with Crippen LogP contribution in [-0.2, 0) is 7.05 Å². The Labute approximate surface area is 102 Å². The third kappa shape index (κ3) is 2.29. The molecule has 0 bridgehead atoms. The highest BCUT2D eigenvalue weighted by molar-refractivity contribution is 7.99. The third-order valence-electron chi connectivity index (χ3n) is 2.31. The zero-order chi connectivity index (χ0) is 12.4. The molecule has 2 rings (SSSR count). The molecule has 0 amide bonds. The maximum Gasteiger partial charge on any atom is 0.195 e. The topological polar surface area (TPSA) is 54.5 Å². The molecule has 0 N–H and O–H groups in total. The molecule has 0 aliphatic rings. The number of nitriles is 1. The molecule has 6 heteroatoms. The van der Waals surface area contributed by atoms with Gasteiger partial charge in [-0.25, -0.2) is 4.39 Å². The predicted molar refractivity (Wildman–Crippen MR) is 61.0 cm³/mol. The molecule has 4 nitrogen and oxygen atoms in total. The number of rotatable bonds is 2. The Balaban J connectivity index is 2.31. The van der Waals surface area contributed by atoms with E-state index >= 15 is 0 Å². The standard InChI is InChI=1S/C11H9FN4S/c1-7-14-15-11(16(7)2)17-10-4-3-8(6-13)5-9(10)12/h3-5H,1-2H3. The van der Waals surface area contributed by atoms with Gasteiger partial charge in [-0.15, -0.1) is 10.2 Å². The number of aryl methyl sites for hydroxylation is 1. The van der Waals surface area contributed by atoms with Crippen molar-refractivity contribution in [1.29, 1.82) is 5.26 Å². The van der Waals surface area contributed by atoms with E-state index < -0.39 is 5.82 Å². The zero-order valence-corrected chi connectivity index (χ0v) is 10.1. The molecule has 1 heterocycles. The average Bonchev–Trinajstić information content (AvgIpc) is 2.63. The highest BCUT2D eigenvalue weighted by Crippen LogP contribution is 2.28. The summed E-state index contributed by atoms with van der Waals surface area (Å²) >= 11 is 1.19. The van der Waals surface area contributed by atoms with Crippen molar-refractivity contribution in [2.75, 3.05) is 0 Å². The Morgan fingerprint density at radius 3 is 2.71 bits per heavy atom. The summed E-state index contributed by atoms with van der Waals surface area (Å²) in [5.41, 5.74) is 0.306. The van der Waals surface area contributed by atoms with Gasteiger partial charge in [-0.05, 0) is 36.9 Å². The van der Waals surface area contributed by atoms with E-state index in [1.165, 1.54) is 17.8 Å². The molecule has 17 heavy (non-hydrogen) atoms. The fraction of sp³-hybridized carbons (Fsp3) is 0.182. The highest BCUT2D eigenvalue weighted by Gasteiger charge is 2.10. The van der Waals surface area contributed by atoms with Gasteiger partial charge in [-0.2, -0.15) is 5.26 Å². The summed E-state index contributed by atoms with van der Waals surface area (Å²) in [7, 11) is 1.82. The summed E-state index contributed by atoms with van der Waals surface area (Å²) in [6, 6.07) is 6.26. The van der Waals surface area contributed by atoms with Gasteiger partial charge in [0.15, 0.2) is 5.16 Å². The van der Waals surface area contributed by atoms with E-state index in [0.717, 1.165) is 5.82 Å². The first-order valence-corrected chi connectivity index (χ1v) is 5.67. The van der Waals surface area contributed by atoms with E-state index in [1.807, 2.05) is 20.0 Å². The van der Waals surface area contributed by atoms with E-state index in [1.54, 1.807) is 16.7 Å². The smallest absolute Gasteiger partial charge is 0.195 e. The first kappa shape index (κ1) is 11.6. The minimum atomic E-state index is -0.422. The van der Waals surface area contributed by atoms with Gasteiger partial charge in [0.05, 0.1) is 16.5 Å². The second kappa shape index (κ2) is 4.55. The minimum Gasteiger partial charge on any atom is -0.309 e. The summed E-state index contributed by atoms with van der Waals surface area (Å²) < 4.78 is 15.4. The van der Waals surface area contributed by atoms with Crippen LogP contribution < -0.4 is 0 Å². The SMILES string of the molecule is Cc1nnc(Sc2ccc(C#N)cc2F)n1C. The number of aromatic nitrogens is 3. The minimum absolute atomic E-state index is 0.306. The lowest BCUT2D eigenvalue weighted by Gasteiger charge is -2.02. The Hall–Kier alpha value is -1.87. The number of halogens is 1. The van der Waals surface area contributed by atoms with Crippen LogP contribution in [-0.4, -0.2) is 14.8 Å². The largest absolute Gasteiger partial charge is 0.309 e. The summed E-state index contributed by atoms with van der Waals surface area (Å²) in [5.74, 6) is 0.344. The van der Waals surface area contributed by atoms with E-state index in [-0.39, 0.29) is 0 Å². The Morgan fingerprint density at radius 1 is 1.41 bits per heavy atom. The van der Waals surface area contributed by atoms with E-state index in [4.69, 9.17) is 5.26 Å². The molecule has 0 saturated heterocycles. The number of hydrogen-bond donors (Lipinski definition) is 0. The third-order valence-corrected chi connectivity index (χ3v) is 3.40. The lowest BCUT2D eigenvalue weighted by molar-refractivity contribution is 0.600. The van der Waals surface area contributed by atoms with Gasteiger partial charge in [-0.3, -0.25) is 0 Å².